The third-order valence-electron chi connectivity index (χ3n) is 2.42. The van der Waals surface area contributed by atoms with E-state index in [1.807, 2.05) is 0 Å². The van der Waals surface area contributed by atoms with Crippen molar-refractivity contribution in [2.45, 2.75) is 19.9 Å². The fourth-order valence-corrected chi connectivity index (χ4v) is 1.63. The van der Waals surface area contributed by atoms with Gasteiger partial charge in [-0.2, -0.15) is 5.10 Å². The summed E-state index contributed by atoms with van der Waals surface area (Å²) in [4.78, 5) is 19.4. The predicted molar refractivity (Wildman–Crippen MR) is 63.1 cm³/mol. The minimum Gasteiger partial charge on any atom is -0.480 e. The molecule has 96 valence electrons. The highest BCUT2D eigenvalue weighted by Gasteiger charge is 2.11. The Morgan fingerprint density at radius 3 is 3.00 bits per heavy atom. The van der Waals surface area contributed by atoms with Crippen LogP contribution in [0.4, 0.5) is 0 Å². The van der Waals surface area contributed by atoms with E-state index < -0.39 is 0 Å². The smallest absolute Gasteiger partial charge is 0.307 e. The average Bonchev–Trinajstić information content (AvgIpc) is 2.79. The zero-order valence-corrected chi connectivity index (χ0v) is 10.3. The Morgan fingerprint density at radius 2 is 2.28 bits per heavy atom. The maximum absolute atomic E-state index is 11.3. The standard InChI is InChI=1S/C11H14N4O3/c1-3-18-9(16)4-5-15-10-8(6-14-15)11(17-2)13-7-12-10/h6-7H,3-5H2,1-2H3. The minimum atomic E-state index is -0.248. The van der Waals surface area contributed by atoms with Gasteiger partial charge in [0.15, 0.2) is 5.65 Å². The van der Waals surface area contributed by atoms with Crippen molar-refractivity contribution in [3.63, 3.8) is 0 Å². The van der Waals surface area contributed by atoms with Gasteiger partial charge in [0.05, 0.1) is 32.9 Å². The second-order valence-corrected chi connectivity index (χ2v) is 3.54. The van der Waals surface area contributed by atoms with Crippen molar-refractivity contribution in [3.8, 4) is 5.88 Å². The molecule has 7 nitrogen and oxygen atoms in total. The van der Waals surface area contributed by atoms with Crippen LogP contribution in [-0.4, -0.2) is 39.4 Å². The maximum Gasteiger partial charge on any atom is 0.307 e. The molecule has 2 aromatic rings. The molecule has 0 amide bonds. The van der Waals surface area contributed by atoms with Crippen molar-refractivity contribution in [2.75, 3.05) is 13.7 Å². The molecule has 18 heavy (non-hydrogen) atoms. The van der Waals surface area contributed by atoms with Crippen molar-refractivity contribution < 1.29 is 14.3 Å². The van der Waals surface area contributed by atoms with Crippen molar-refractivity contribution in [2.24, 2.45) is 0 Å². The van der Waals surface area contributed by atoms with Gasteiger partial charge in [0.2, 0.25) is 5.88 Å². The van der Waals surface area contributed by atoms with Gasteiger partial charge in [0, 0.05) is 0 Å². The first-order chi connectivity index (χ1) is 8.76. The number of methoxy groups -OCH3 is 1. The molecule has 2 aromatic heterocycles. The number of aryl methyl sites for hydroxylation is 1. The lowest BCUT2D eigenvalue weighted by atomic mass is 10.4. The number of esters is 1. The van der Waals surface area contributed by atoms with E-state index in [-0.39, 0.29) is 12.4 Å². The van der Waals surface area contributed by atoms with E-state index in [0.29, 0.717) is 24.7 Å². The molecule has 0 aliphatic heterocycles. The van der Waals surface area contributed by atoms with Gasteiger partial charge in [-0.15, -0.1) is 0 Å². The summed E-state index contributed by atoms with van der Waals surface area (Å²) in [5, 5.41) is 4.89. The molecule has 7 heteroatoms. The summed E-state index contributed by atoms with van der Waals surface area (Å²) in [6, 6.07) is 0. The third-order valence-corrected chi connectivity index (χ3v) is 2.42. The SMILES string of the molecule is CCOC(=O)CCn1ncc2c(OC)ncnc21. The number of carbonyl (C=O) groups excluding carboxylic acids is 1. The van der Waals surface area contributed by atoms with Gasteiger partial charge >= 0.3 is 5.97 Å². The van der Waals surface area contributed by atoms with Crippen LogP contribution < -0.4 is 4.74 Å². The molecule has 0 aliphatic rings. The maximum atomic E-state index is 11.3. The van der Waals surface area contributed by atoms with Gasteiger partial charge in [0.25, 0.3) is 0 Å². The van der Waals surface area contributed by atoms with Gasteiger partial charge < -0.3 is 9.47 Å². The van der Waals surface area contributed by atoms with E-state index in [2.05, 4.69) is 15.1 Å². The summed E-state index contributed by atoms with van der Waals surface area (Å²) in [6.45, 7) is 2.58. The molecule has 0 atom stereocenters. The van der Waals surface area contributed by atoms with Crippen LogP contribution in [0.2, 0.25) is 0 Å². The van der Waals surface area contributed by atoms with E-state index in [9.17, 15) is 4.79 Å². The molecule has 0 fully saturated rings. The van der Waals surface area contributed by atoms with Crippen LogP contribution in [-0.2, 0) is 16.1 Å². The van der Waals surface area contributed by atoms with Crippen molar-refractivity contribution in [1.29, 1.82) is 0 Å². The Balaban J connectivity index is 2.17. The Bertz CT molecular complexity index is 552. The van der Waals surface area contributed by atoms with Crippen LogP contribution in [0.3, 0.4) is 0 Å². The first kappa shape index (κ1) is 12.3. The zero-order valence-electron chi connectivity index (χ0n) is 10.3. The molecule has 2 rings (SSSR count). The van der Waals surface area contributed by atoms with Crippen LogP contribution in [0.1, 0.15) is 13.3 Å². The topological polar surface area (TPSA) is 79.1 Å². The number of fused-ring (bicyclic) bond motifs is 1. The highest BCUT2D eigenvalue weighted by Crippen LogP contribution is 2.20. The Hall–Kier alpha value is -2.18. The van der Waals surface area contributed by atoms with Crippen LogP contribution >= 0.6 is 0 Å². The fourth-order valence-electron chi connectivity index (χ4n) is 1.63. The van der Waals surface area contributed by atoms with Gasteiger partial charge in [-0.05, 0) is 6.92 Å². The minimum absolute atomic E-state index is 0.248. The molecule has 0 aliphatic carbocycles. The van der Waals surface area contributed by atoms with Crippen molar-refractivity contribution >= 4 is 17.0 Å². The van der Waals surface area contributed by atoms with Crippen molar-refractivity contribution in [3.05, 3.63) is 12.5 Å². The average molecular weight is 250 g/mol. The van der Waals surface area contributed by atoms with E-state index >= 15 is 0 Å². The quantitative estimate of drug-likeness (QED) is 0.730. The number of aromatic nitrogens is 4. The first-order valence-corrected chi connectivity index (χ1v) is 5.62. The largest absolute Gasteiger partial charge is 0.480 e. The van der Waals surface area contributed by atoms with Gasteiger partial charge in [-0.1, -0.05) is 0 Å². The zero-order chi connectivity index (χ0) is 13.0. The number of hydrogen-bond acceptors (Lipinski definition) is 6. The second-order valence-electron chi connectivity index (χ2n) is 3.54. The molecule has 0 aromatic carbocycles. The van der Waals surface area contributed by atoms with E-state index in [1.165, 1.54) is 13.4 Å². The van der Waals surface area contributed by atoms with Crippen LogP contribution in [0.5, 0.6) is 5.88 Å². The second kappa shape index (κ2) is 5.44. The normalized spacial score (nSPS) is 10.6. The molecule has 0 bridgehead atoms. The van der Waals surface area contributed by atoms with Gasteiger partial charge in [-0.3, -0.25) is 4.79 Å². The molecule has 0 spiro atoms. The molecule has 0 radical (unpaired) electrons. The molecular formula is C11H14N4O3. The first-order valence-electron chi connectivity index (χ1n) is 5.62. The number of rotatable bonds is 5. The van der Waals surface area contributed by atoms with E-state index in [0.717, 1.165) is 5.39 Å². The lowest BCUT2D eigenvalue weighted by molar-refractivity contribution is -0.143. The summed E-state index contributed by atoms with van der Waals surface area (Å²) in [7, 11) is 1.54. The van der Waals surface area contributed by atoms with Crippen LogP contribution in [0.15, 0.2) is 12.5 Å². The third kappa shape index (κ3) is 2.39. The summed E-state index contributed by atoms with van der Waals surface area (Å²) in [6.07, 6.45) is 3.29. The van der Waals surface area contributed by atoms with Gasteiger partial charge in [-0.25, -0.2) is 14.6 Å². The lowest BCUT2D eigenvalue weighted by Gasteiger charge is -2.03. The summed E-state index contributed by atoms with van der Waals surface area (Å²) >= 11 is 0. The predicted octanol–water partition coefficient (Wildman–Crippen LogP) is 0.788. The Labute approximate surface area is 104 Å². The molecule has 2 heterocycles. The summed E-state index contributed by atoms with van der Waals surface area (Å²) < 4.78 is 11.6. The van der Waals surface area contributed by atoms with E-state index in [4.69, 9.17) is 9.47 Å². The van der Waals surface area contributed by atoms with Crippen molar-refractivity contribution in [1.82, 2.24) is 19.7 Å². The molecular weight excluding hydrogens is 236 g/mol. The van der Waals surface area contributed by atoms with Gasteiger partial charge in [0.1, 0.15) is 11.7 Å². The number of ether oxygens (including phenoxy) is 2. The van der Waals surface area contributed by atoms with Crippen LogP contribution in [0, 0.1) is 0 Å². The van der Waals surface area contributed by atoms with E-state index in [1.54, 1.807) is 17.8 Å². The highest BCUT2D eigenvalue weighted by molar-refractivity contribution is 5.79. The Morgan fingerprint density at radius 1 is 1.44 bits per heavy atom. The van der Waals surface area contributed by atoms with Crippen LogP contribution in [0.25, 0.3) is 11.0 Å². The monoisotopic (exact) mass is 250 g/mol. The number of hydrogen-bond donors (Lipinski definition) is 0. The lowest BCUT2D eigenvalue weighted by Crippen LogP contribution is -2.10. The number of nitrogens with zero attached hydrogens (tertiary/aromatic N) is 4. The molecule has 0 saturated carbocycles. The fraction of sp³-hybridized carbons (Fsp3) is 0.455. The Kier molecular flexibility index (Phi) is 3.71. The summed E-state index contributed by atoms with van der Waals surface area (Å²) in [5.41, 5.74) is 0.645. The highest BCUT2D eigenvalue weighted by atomic mass is 16.5. The summed E-state index contributed by atoms with van der Waals surface area (Å²) in [5.74, 6) is 0.226. The number of carbonyl (C=O) groups is 1. The molecule has 0 saturated heterocycles. The molecule has 0 unspecified atom stereocenters. The molecule has 0 N–H and O–H groups in total.